The summed E-state index contributed by atoms with van der Waals surface area (Å²) in [4.78, 5) is 15.7. The van der Waals surface area contributed by atoms with Gasteiger partial charge in [-0.25, -0.2) is 9.97 Å². The molecule has 0 atom stereocenters. The molecular weight excluding hydrogens is 432 g/mol. The Morgan fingerprint density at radius 1 is 0.912 bits per heavy atom. The minimum absolute atomic E-state index is 0.638. The van der Waals surface area contributed by atoms with E-state index in [1.54, 1.807) is 42.3 Å². The fourth-order valence-corrected chi connectivity index (χ4v) is 3.77. The predicted octanol–water partition coefficient (Wildman–Crippen LogP) is 3.48. The summed E-state index contributed by atoms with van der Waals surface area (Å²) in [7, 11) is 5.17. The monoisotopic (exact) mass is 456 g/mol. The molecule has 0 aliphatic rings. The van der Waals surface area contributed by atoms with Crippen molar-refractivity contribution in [2.75, 3.05) is 25.7 Å². The number of nitrogens with zero attached hydrogens (tertiary/aromatic N) is 8. The number of ether oxygens (including phenoxy) is 2. The van der Waals surface area contributed by atoms with Crippen LogP contribution >= 0.6 is 0 Å². The van der Waals surface area contributed by atoms with E-state index in [9.17, 15) is 0 Å². The molecule has 5 aromatic rings. The predicted molar refractivity (Wildman–Crippen MR) is 128 cm³/mol. The van der Waals surface area contributed by atoms with Crippen LogP contribution in [0.25, 0.3) is 22.3 Å². The molecule has 0 N–H and O–H groups in total. The minimum atomic E-state index is 0.638. The number of benzene rings is 2. The molecule has 3 heterocycles. The van der Waals surface area contributed by atoms with E-state index < -0.39 is 0 Å². The SMILES string of the molecule is COc1cc(OC)cc(N(CCn2cncn2)c2ccc3ncc(-c4cnn(C)c4)nc3c2)c1. The molecule has 0 unspecified atom stereocenters. The fourth-order valence-electron chi connectivity index (χ4n) is 3.77. The van der Waals surface area contributed by atoms with Gasteiger partial charge in [0.05, 0.1) is 49.9 Å². The Bertz CT molecular complexity index is 1390. The number of aromatic nitrogens is 7. The van der Waals surface area contributed by atoms with Crippen molar-refractivity contribution in [1.82, 2.24) is 34.5 Å². The maximum Gasteiger partial charge on any atom is 0.137 e. The average Bonchev–Trinajstić information content (AvgIpc) is 3.55. The van der Waals surface area contributed by atoms with Crippen LogP contribution < -0.4 is 14.4 Å². The number of hydrogen-bond acceptors (Lipinski definition) is 8. The fraction of sp³-hybridized carbons (Fsp3) is 0.208. The molecule has 172 valence electrons. The lowest BCUT2D eigenvalue weighted by molar-refractivity contribution is 0.394. The lowest BCUT2D eigenvalue weighted by atomic mass is 10.2. The van der Waals surface area contributed by atoms with Gasteiger partial charge in [-0.2, -0.15) is 10.2 Å². The van der Waals surface area contributed by atoms with E-state index in [-0.39, 0.29) is 0 Å². The third-order valence-electron chi connectivity index (χ3n) is 5.51. The van der Waals surface area contributed by atoms with E-state index in [0.29, 0.717) is 24.6 Å². The van der Waals surface area contributed by atoms with Crippen LogP contribution in [0.1, 0.15) is 0 Å². The smallest absolute Gasteiger partial charge is 0.137 e. The lowest BCUT2D eigenvalue weighted by Gasteiger charge is -2.26. The van der Waals surface area contributed by atoms with Gasteiger partial charge < -0.3 is 14.4 Å². The Hall–Kier alpha value is -4.47. The lowest BCUT2D eigenvalue weighted by Crippen LogP contribution is -2.23. The van der Waals surface area contributed by atoms with Crippen LogP contribution in [0.3, 0.4) is 0 Å². The Balaban J connectivity index is 1.57. The van der Waals surface area contributed by atoms with Gasteiger partial charge in [-0.3, -0.25) is 14.3 Å². The van der Waals surface area contributed by atoms with Crippen molar-refractivity contribution in [3.8, 4) is 22.8 Å². The number of anilines is 2. The first kappa shape index (κ1) is 21.4. The number of fused-ring (bicyclic) bond motifs is 1. The van der Waals surface area contributed by atoms with Crippen LogP contribution in [0.4, 0.5) is 11.4 Å². The zero-order valence-corrected chi connectivity index (χ0v) is 19.2. The summed E-state index contributed by atoms with van der Waals surface area (Å²) in [6.45, 7) is 1.28. The molecule has 0 aliphatic heterocycles. The van der Waals surface area contributed by atoms with Gasteiger partial charge in [-0.15, -0.1) is 0 Å². The Morgan fingerprint density at radius 3 is 2.41 bits per heavy atom. The Kier molecular flexibility index (Phi) is 5.77. The van der Waals surface area contributed by atoms with Gasteiger partial charge in [-0.1, -0.05) is 0 Å². The highest BCUT2D eigenvalue weighted by atomic mass is 16.5. The van der Waals surface area contributed by atoms with Crippen LogP contribution in [-0.2, 0) is 13.6 Å². The van der Waals surface area contributed by atoms with Crippen molar-refractivity contribution in [2.45, 2.75) is 6.54 Å². The van der Waals surface area contributed by atoms with Crippen LogP contribution in [0.2, 0.25) is 0 Å². The van der Waals surface area contributed by atoms with Crippen molar-refractivity contribution >= 4 is 22.4 Å². The van der Waals surface area contributed by atoms with Crippen molar-refractivity contribution in [3.63, 3.8) is 0 Å². The highest BCUT2D eigenvalue weighted by molar-refractivity contribution is 5.82. The number of hydrogen-bond donors (Lipinski definition) is 0. The molecule has 10 heteroatoms. The zero-order valence-electron chi connectivity index (χ0n) is 19.2. The maximum absolute atomic E-state index is 5.51. The molecule has 10 nitrogen and oxygen atoms in total. The second-order valence-electron chi connectivity index (χ2n) is 7.71. The third kappa shape index (κ3) is 4.38. The molecule has 0 fully saturated rings. The molecule has 0 saturated carbocycles. The van der Waals surface area contributed by atoms with Crippen LogP contribution in [0.15, 0.2) is 67.6 Å². The summed E-state index contributed by atoms with van der Waals surface area (Å²) >= 11 is 0. The highest BCUT2D eigenvalue weighted by Gasteiger charge is 2.15. The van der Waals surface area contributed by atoms with E-state index in [1.165, 1.54) is 6.33 Å². The highest BCUT2D eigenvalue weighted by Crippen LogP contribution is 2.34. The number of methoxy groups -OCH3 is 2. The minimum Gasteiger partial charge on any atom is -0.497 e. The molecule has 2 aromatic carbocycles. The van der Waals surface area contributed by atoms with E-state index >= 15 is 0 Å². The molecule has 0 bridgehead atoms. The molecule has 0 radical (unpaired) electrons. The van der Waals surface area contributed by atoms with Crippen LogP contribution in [0, 0.1) is 0 Å². The van der Waals surface area contributed by atoms with Gasteiger partial charge in [0.1, 0.15) is 24.2 Å². The zero-order chi connectivity index (χ0) is 23.5. The van der Waals surface area contributed by atoms with Crippen LogP contribution in [-0.4, -0.2) is 55.3 Å². The molecular formula is C24H24N8O2. The quantitative estimate of drug-likeness (QED) is 0.350. The summed E-state index contributed by atoms with van der Waals surface area (Å²) in [5.41, 5.74) is 5.18. The van der Waals surface area contributed by atoms with Gasteiger partial charge >= 0.3 is 0 Å². The van der Waals surface area contributed by atoms with E-state index in [2.05, 4.69) is 25.1 Å². The second-order valence-corrected chi connectivity index (χ2v) is 7.71. The Morgan fingerprint density at radius 2 is 1.74 bits per heavy atom. The molecule has 0 aliphatic carbocycles. The summed E-state index contributed by atoms with van der Waals surface area (Å²) in [5.74, 6) is 1.42. The van der Waals surface area contributed by atoms with Gasteiger partial charge in [0.25, 0.3) is 0 Å². The van der Waals surface area contributed by atoms with Gasteiger partial charge in [0, 0.05) is 54.9 Å². The topological polar surface area (TPSA) is 96.0 Å². The first-order valence-corrected chi connectivity index (χ1v) is 10.7. The van der Waals surface area contributed by atoms with Gasteiger partial charge in [0.2, 0.25) is 0 Å². The molecule has 0 spiro atoms. The molecule has 34 heavy (non-hydrogen) atoms. The molecule has 3 aromatic heterocycles. The average molecular weight is 457 g/mol. The van der Waals surface area contributed by atoms with Crippen LogP contribution in [0.5, 0.6) is 11.5 Å². The first-order chi connectivity index (χ1) is 16.6. The summed E-state index contributed by atoms with van der Waals surface area (Å²) in [6, 6.07) is 11.9. The van der Waals surface area contributed by atoms with E-state index in [4.69, 9.17) is 14.5 Å². The molecule has 0 saturated heterocycles. The first-order valence-electron chi connectivity index (χ1n) is 10.7. The summed E-state index contributed by atoms with van der Waals surface area (Å²) < 4.78 is 14.6. The number of rotatable bonds is 8. The van der Waals surface area contributed by atoms with E-state index in [0.717, 1.165) is 33.7 Å². The van der Waals surface area contributed by atoms with Crippen molar-refractivity contribution in [3.05, 3.63) is 67.6 Å². The largest absolute Gasteiger partial charge is 0.497 e. The van der Waals surface area contributed by atoms with Gasteiger partial charge in [0.15, 0.2) is 0 Å². The van der Waals surface area contributed by atoms with Crippen molar-refractivity contribution in [2.24, 2.45) is 7.05 Å². The standard InChI is InChI=1S/C24H24N8O2/c1-30-14-17(12-27-30)24-13-26-22-5-4-18(10-23(22)29-24)32(7-6-31-16-25-15-28-31)19-8-20(33-2)11-21(9-19)34-3/h4-5,8-16H,6-7H2,1-3H3. The summed E-state index contributed by atoms with van der Waals surface area (Å²) in [6.07, 6.45) is 8.72. The number of aryl methyl sites for hydroxylation is 1. The maximum atomic E-state index is 5.51. The van der Waals surface area contributed by atoms with Crippen molar-refractivity contribution in [1.29, 1.82) is 0 Å². The van der Waals surface area contributed by atoms with Crippen molar-refractivity contribution < 1.29 is 9.47 Å². The summed E-state index contributed by atoms with van der Waals surface area (Å²) in [5, 5.41) is 8.48. The third-order valence-corrected chi connectivity index (χ3v) is 5.51. The Labute approximate surface area is 196 Å². The second kappa shape index (κ2) is 9.18. The van der Waals surface area contributed by atoms with E-state index in [1.807, 2.05) is 49.6 Å². The van der Waals surface area contributed by atoms with Gasteiger partial charge in [-0.05, 0) is 18.2 Å². The molecule has 5 rings (SSSR count). The normalized spacial score (nSPS) is 11.0. The molecule has 0 amide bonds.